The lowest BCUT2D eigenvalue weighted by molar-refractivity contribution is 0.604. The average molecular weight is 283 g/mol. The fourth-order valence-corrected chi connectivity index (χ4v) is 3.08. The number of hydrogen-bond donors (Lipinski definition) is 0. The second kappa shape index (κ2) is 5.07. The molecule has 0 unspecified atom stereocenters. The molecule has 1 nitrogen and oxygen atoms in total. The molecule has 2 aromatic rings. The van der Waals surface area contributed by atoms with Crippen LogP contribution in [0.2, 0.25) is 0 Å². The Balaban J connectivity index is 2.32. The van der Waals surface area contributed by atoms with E-state index in [1.165, 1.54) is 15.3 Å². The van der Waals surface area contributed by atoms with Crippen LogP contribution < -0.4 is 0 Å². The van der Waals surface area contributed by atoms with Crippen molar-refractivity contribution in [3.63, 3.8) is 0 Å². The summed E-state index contributed by atoms with van der Waals surface area (Å²) in [5.41, 5.74) is 2.07. The summed E-state index contributed by atoms with van der Waals surface area (Å²) in [6.45, 7) is 10.6. The molecule has 0 saturated heterocycles. The normalized spacial score (nSPS) is 12.2. The second-order valence-electron chi connectivity index (χ2n) is 6.73. The molecule has 2 rings (SSSR count). The van der Waals surface area contributed by atoms with Crippen molar-refractivity contribution < 1.29 is 0 Å². The molecule has 104 valence electrons. The summed E-state index contributed by atoms with van der Waals surface area (Å²) in [7, 11) is 0. The summed E-state index contributed by atoms with van der Waals surface area (Å²) in [4.78, 5) is 2.69. The van der Waals surface area contributed by atoms with Gasteiger partial charge in [0.25, 0.3) is 0 Å². The molecule has 0 atom stereocenters. The van der Waals surface area contributed by atoms with Crippen LogP contribution in [-0.2, 0) is 10.8 Å². The van der Waals surface area contributed by atoms with Gasteiger partial charge in [0.1, 0.15) is 0 Å². The van der Waals surface area contributed by atoms with E-state index in [0.717, 1.165) is 5.56 Å². The Kier molecular flexibility index (Phi) is 3.75. The fraction of sp³-hybridized carbons (Fsp3) is 0.389. The van der Waals surface area contributed by atoms with Gasteiger partial charge < -0.3 is 0 Å². The Morgan fingerprint density at radius 1 is 0.900 bits per heavy atom. The lowest BCUT2D eigenvalue weighted by Crippen LogP contribution is -2.13. The smallest absolute Gasteiger partial charge is 0.0766 e. The molecule has 0 radical (unpaired) electrons. The Labute approximate surface area is 125 Å². The molecule has 0 saturated carbocycles. The maximum Gasteiger partial charge on any atom is 0.0766 e. The minimum absolute atomic E-state index is 0.200. The van der Waals surface area contributed by atoms with E-state index in [-0.39, 0.29) is 5.41 Å². The van der Waals surface area contributed by atoms with Crippen molar-refractivity contribution in [1.29, 1.82) is 5.26 Å². The molecule has 1 aromatic heterocycles. The molecule has 1 aromatic carbocycles. The van der Waals surface area contributed by atoms with Crippen LogP contribution in [0.1, 0.15) is 45.1 Å². The van der Waals surface area contributed by atoms with E-state index >= 15 is 0 Å². The van der Waals surface area contributed by atoms with Crippen LogP contribution in [0.5, 0.6) is 0 Å². The van der Waals surface area contributed by atoms with Crippen molar-refractivity contribution in [2.45, 2.75) is 45.4 Å². The first-order chi connectivity index (χ1) is 9.24. The SMILES string of the molecule is CC(C)(C)c1ccc(-c2ccc(C(C)(C)C#N)cc2)s1. The molecule has 1 heterocycles. The van der Waals surface area contributed by atoms with Gasteiger partial charge in [-0.05, 0) is 42.5 Å². The van der Waals surface area contributed by atoms with Gasteiger partial charge in [-0.15, -0.1) is 11.3 Å². The quantitative estimate of drug-likeness (QED) is 0.712. The van der Waals surface area contributed by atoms with Gasteiger partial charge in [-0.2, -0.15) is 5.26 Å². The molecule has 0 bridgehead atoms. The van der Waals surface area contributed by atoms with Crippen LogP contribution in [0.25, 0.3) is 10.4 Å². The van der Waals surface area contributed by atoms with E-state index < -0.39 is 5.41 Å². The molecule has 0 fully saturated rings. The molecule has 0 N–H and O–H groups in total. The van der Waals surface area contributed by atoms with Crippen molar-refractivity contribution in [2.24, 2.45) is 0 Å². The Hall–Kier alpha value is -1.59. The zero-order chi connectivity index (χ0) is 15.0. The maximum atomic E-state index is 9.18. The number of rotatable bonds is 2. The van der Waals surface area contributed by atoms with E-state index in [9.17, 15) is 5.26 Å². The second-order valence-corrected chi connectivity index (χ2v) is 7.81. The van der Waals surface area contributed by atoms with Crippen molar-refractivity contribution in [1.82, 2.24) is 0 Å². The summed E-state index contributed by atoms with van der Waals surface area (Å²) in [5, 5.41) is 9.18. The minimum Gasteiger partial charge on any atom is -0.197 e. The predicted octanol–water partition coefficient (Wildman–Crippen LogP) is 5.51. The summed E-state index contributed by atoms with van der Waals surface area (Å²) >= 11 is 1.85. The average Bonchev–Trinajstić information content (AvgIpc) is 2.88. The van der Waals surface area contributed by atoms with E-state index in [4.69, 9.17) is 0 Å². The van der Waals surface area contributed by atoms with Crippen molar-refractivity contribution >= 4 is 11.3 Å². The zero-order valence-electron chi connectivity index (χ0n) is 12.8. The third kappa shape index (κ3) is 2.94. The Bertz CT molecular complexity index is 633. The first-order valence-corrected chi connectivity index (χ1v) is 7.68. The van der Waals surface area contributed by atoms with Crippen molar-refractivity contribution in [3.8, 4) is 16.5 Å². The third-order valence-electron chi connectivity index (χ3n) is 3.52. The monoisotopic (exact) mass is 283 g/mol. The zero-order valence-corrected chi connectivity index (χ0v) is 13.6. The van der Waals surface area contributed by atoms with Crippen LogP contribution in [-0.4, -0.2) is 0 Å². The number of thiophene rings is 1. The molecule has 0 amide bonds. The van der Waals surface area contributed by atoms with Gasteiger partial charge in [-0.1, -0.05) is 45.0 Å². The van der Waals surface area contributed by atoms with Gasteiger partial charge in [-0.25, -0.2) is 0 Å². The molecule has 0 aliphatic carbocycles. The van der Waals surface area contributed by atoms with Crippen molar-refractivity contribution in [2.75, 3.05) is 0 Å². The third-order valence-corrected chi connectivity index (χ3v) is 5.08. The fourth-order valence-electron chi connectivity index (χ4n) is 2.01. The molecule has 2 heteroatoms. The van der Waals surface area contributed by atoms with Gasteiger partial charge >= 0.3 is 0 Å². The first kappa shape index (κ1) is 14.8. The standard InChI is InChI=1S/C18H21NS/c1-17(2,3)16-11-10-15(20-16)13-6-8-14(9-7-13)18(4,5)12-19/h6-11H,1-5H3. The van der Waals surface area contributed by atoms with Gasteiger partial charge in [-0.3, -0.25) is 0 Å². The van der Waals surface area contributed by atoms with Crippen LogP contribution >= 0.6 is 11.3 Å². The number of nitrogens with zero attached hydrogens (tertiary/aromatic N) is 1. The molecular weight excluding hydrogens is 262 g/mol. The summed E-state index contributed by atoms with van der Waals surface area (Å²) in [5.74, 6) is 0. The van der Waals surface area contributed by atoms with Gasteiger partial charge in [0.15, 0.2) is 0 Å². The maximum absolute atomic E-state index is 9.18. The number of benzene rings is 1. The largest absolute Gasteiger partial charge is 0.197 e. The van der Waals surface area contributed by atoms with Crippen LogP contribution in [0.15, 0.2) is 36.4 Å². The molecular formula is C18H21NS. The lowest BCUT2D eigenvalue weighted by atomic mass is 9.86. The summed E-state index contributed by atoms with van der Waals surface area (Å²) < 4.78 is 0. The molecule has 0 spiro atoms. The minimum atomic E-state index is -0.426. The van der Waals surface area contributed by atoms with E-state index in [1.54, 1.807) is 0 Å². The van der Waals surface area contributed by atoms with E-state index in [0.29, 0.717) is 0 Å². The van der Waals surface area contributed by atoms with Crippen LogP contribution in [0, 0.1) is 11.3 Å². The topological polar surface area (TPSA) is 23.8 Å². The predicted molar refractivity (Wildman–Crippen MR) is 87.1 cm³/mol. The van der Waals surface area contributed by atoms with E-state index in [2.05, 4.69) is 63.2 Å². The first-order valence-electron chi connectivity index (χ1n) is 6.86. The van der Waals surface area contributed by atoms with Crippen LogP contribution in [0.4, 0.5) is 0 Å². The Morgan fingerprint density at radius 3 is 1.95 bits per heavy atom. The van der Waals surface area contributed by atoms with Crippen LogP contribution in [0.3, 0.4) is 0 Å². The summed E-state index contributed by atoms with van der Waals surface area (Å²) in [6, 6.07) is 15.1. The number of hydrogen-bond acceptors (Lipinski definition) is 2. The van der Waals surface area contributed by atoms with Gasteiger partial charge in [0, 0.05) is 9.75 Å². The molecule has 0 aliphatic rings. The molecule has 20 heavy (non-hydrogen) atoms. The summed E-state index contributed by atoms with van der Waals surface area (Å²) in [6.07, 6.45) is 0. The highest BCUT2D eigenvalue weighted by molar-refractivity contribution is 7.15. The Morgan fingerprint density at radius 2 is 1.50 bits per heavy atom. The van der Waals surface area contributed by atoms with E-state index in [1.807, 2.05) is 25.2 Å². The highest BCUT2D eigenvalue weighted by Crippen LogP contribution is 2.35. The number of nitriles is 1. The highest BCUT2D eigenvalue weighted by atomic mass is 32.1. The molecule has 0 aliphatic heterocycles. The van der Waals surface area contributed by atoms with Crippen molar-refractivity contribution in [3.05, 3.63) is 46.8 Å². The van der Waals surface area contributed by atoms with Gasteiger partial charge in [0.2, 0.25) is 0 Å². The lowest BCUT2D eigenvalue weighted by Gasteiger charge is -2.16. The highest BCUT2D eigenvalue weighted by Gasteiger charge is 2.20. The van der Waals surface area contributed by atoms with Gasteiger partial charge in [0.05, 0.1) is 11.5 Å².